The van der Waals surface area contributed by atoms with Gasteiger partial charge in [-0.1, -0.05) is 231 Å². The molecule has 0 unspecified atom stereocenters. The number of anilines is 3. The van der Waals surface area contributed by atoms with E-state index >= 15 is 0 Å². The second-order valence-corrected chi connectivity index (χ2v) is 16.8. The fraction of sp³-hybridized carbons (Fsp3) is 0.0159. The largest absolute Gasteiger partial charge is 0.310 e. The monoisotopic (exact) mass is 813 g/mol. The summed E-state index contributed by atoms with van der Waals surface area (Å²) >= 11 is 0. The third-order valence-corrected chi connectivity index (χ3v) is 13.4. The van der Waals surface area contributed by atoms with Crippen molar-refractivity contribution in [1.82, 2.24) is 0 Å². The van der Waals surface area contributed by atoms with Gasteiger partial charge in [-0.2, -0.15) is 0 Å². The molecule has 0 atom stereocenters. The zero-order valence-electron chi connectivity index (χ0n) is 35.3. The summed E-state index contributed by atoms with van der Waals surface area (Å²) in [5.74, 6) is 0. The minimum atomic E-state index is -0.512. The van der Waals surface area contributed by atoms with E-state index in [0.29, 0.717) is 0 Å². The van der Waals surface area contributed by atoms with Gasteiger partial charge in [0.25, 0.3) is 0 Å². The van der Waals surface area contributed by atoms with Crippen molar-refractivity contribution in [2.75, 3.05) is 4.90 Å². The molecule has 0 spiro atoms. The lowest BCUT2D eigenvalue weighted by molar-refractivity contribution is 0.768. The highest BCUT2D eigenvalue weighted by molar-refractivity contribution is 6.05. The van der Waals surface area contributed by atoms with Crippen molar-refractivity contribution in [3.63, 3.8) is 0 Å². The number of rotatable bonds is 8. The van der Waals surface area contributed by atoms with Crippen LogP contribution in [0, 0.1) is 0 Å². The van der Waals surface area contributed by atoms with Crippen molar-refractivity contribution in [2.45, 2.75) is 5.41 Å². The van der Waals surface area contributed by atoms with Gasteiger partial charge in [0.1, 0.15) is 0 Å². The zero-order chi connectivity index (χ0) is 42.5. The highest BCUT2D eigenvalue weighted by Gasteiger charge is 2.47. The lowest BCUT2D eigenvalue weighted by Crippen LogP contribution is -2.28. The molecular weight excluding hydrogens is 771 g/mol. The number of nitrogens with zero attached hydrogens (tertiary/aromatic N) is 1. The molecule has 11 aromatic carbocycles. The van der Waals surface area contributed by atoms with Gasteiger partial charge in [0.15, 0.2) is 0 Å². The Balaban J connectivity index is 1.07. The molecule has 1 heteroatoms. The van der Waals surface area contributed by atoms with E-state index < -0.39 is 5.41 Å². The zero-order valence-corrected chi connectivity index (χ0v) is 35.3. The standard InChI is InChI=1S/C63H43N/c1-4-20-48(21-5-1)61-55-28-13-11-19-45(55)38-43-56(61)47-36-41-52(42-37-47)64(51-39-34-46(35-40-51)54-30-16-22-44-18-10-12-27-53(44)54)60-33-17-32-59-62(60)57-29-14-15-31-58(57)63(59,49-23-6-2-7-24-49)50-25-8-3-9-26-50/h1-43H. The van der Waals surface area contributed by atoms with E-state index in [1.54, 1.807) is 0 Å². The SMILES string of the molecule is c1ccc(-c2c(-c3ccc(N(c4ccc(-c5cccc6ccccc56)cc4)c4cccc5c4-c4ccccc4C5(c4ccccc4)c4ccccc4)cc3)ccc3ccccc23)cc1. The fourth-order valence-corrected chi connectivity index (χ4v) is 10.6. The smallest absolute Gasteiger partial charge is 0.0714 e. The summed E-state index contributed by atoms with van der Waals surface area (Å²) in [5.41, 5.74) is 17.7. The van der Waals surface area contributed by atoms with Crippen LogP contribution in [-0.4, -0.2) is 0 Å². The van der Waals surface area contributed by atoms with Gasteiger partial charge >= 0.3 is 0 Å². The van der Waals surface area contributed by atoms with Crippen molar-refractivity contribution < 1.29 is 0 Å². The molecule has 0 amide bonds. The number of fused-ring (bicyclic) bond motifs is 5. The number of benzene rings is 11. The van der Waals surface area contributed by atoms with Gasteiger partial charge in [0.05, 0.1) is 11.1 Å². The first-order valence-electron chi connectivity index (χ1n) is 22.2. The highest BCUT2D eigenvalue weighted by Crippen LogP contribution is 2.59. The third kappa shape index (κ3) is 6.01. The summed E-state index contributed by atoms with van der Waals surface area (Å²) in [6.07, 6.45) is 0. The summed E-state index contributed by atoms with van der Waals surface area (Å²) in [6.45, 7) is 0. The van der Waals surface area contributed by atoms with Crippen molar-refractivity contribution in [2.24, 2.45) is 0 Å². The molecule has 0 heterocycles. The van der Waals surface area contributed by atoms with Gasteiger partial charge in [-0.3, -0.25) is 0 Å². The molecule has 64 heavy (non-hydrogen) atoms. The Morgan fingerprint density at radius 2 is 0.750 bits per heavy atom. The first kappa shape index (κ1) is 37.5. The van der Waals surface area contributed by atoms with E-state index in [1.165, 1.54) is 88.3 Å². The summed E-state index contributed by atoms with van der Waals surface area (Å²) in [6, 6.07) is 95.8. The first-order chi connectivity index (χ1) is 31.8. The van der Waals surface area contributed by atoms with E-state index in [4.69, 9.17) is 0 Å². The Hall–Kier alpha value is -8.26. The number of hydrogen-bond acceptors (Lipinski definition) is 1. The quantitative estimate of drug-likeness (QED) is 0.148. The Morgan fingerprint density at radius 3 is 1.42 bits per heavy atom. The summed E-state index contributed by atoms with van der Waals surface area (Å²) in [7, 11) is 0. The van der Waals surface area contributed by atoms with E-state index in [1.807, 2.05) is 0 Å². The van der Waals surface area contributed by atoms with Crippen molar-refractivity contribution in [3.05, 3.63) is 283 Å². The molecule has 0 N–H and O–H groups in total. The molecule has 11 aromatic rings. The van der Waals surface area contributed by atoms with Crippen LogP contribution in [0.4, 0.5) is 17.1 Å². The van der Waals surface area contributed by atoms with Crippen LogP contribution in [0.2, 0.25) is 0 Å². The molecule has 1 aliphatic carbocycles. The maximum atomic E-state index is 2.47. The fourth-order valence-electron chi connectivity index (χ4n) is 10.6. The van der Waals surface area contributed by atoms with Gasteiger partial charge in [-0.15, -0.1) is 0 Å². The van der Waals surface area contributed by atoms with Gasteiger partial charge in [-0.05, 0) is 113 Å². The maximum absolute atomic E-state index is 2.47. The summed E-state index contributed by atoms with van der Waals surface area (Å²) in [5, 5.41) is 4.98. The molecule has 0 saturated heterocycles. The van der Waals surface area contributed by atoms with Gasteiger partial charge in [0.2, 0.25) is 0 Å². The van der Waals surface area contributed by atoms with Crippen molar-refractivity contribution in [1.29, 1.82) is 0 Å². The molecular formula is C63H43N. The molecule has 0 fully saturated rings. The Kier molecular flexibility index (Phi) is 9.13. The molecule has 0 saturated carbocycles. The Bertz CT molecular complexity index is 3420. The summed E-state index contributed by atoms with van der Waals surface area (Å²) in [4.78, 5) is 2.47. The van der Waals surface area contributed by atoms with Crippen LogP contribution < -0.4 is 4.90 Å². The van der Waals surface area contributed by atoms with Gasteiger partial charge in [0, 0.05) is 16.9 Å². The highest BCUT2D eigenvalue weighted by atomic mass is 15.1. The summed E-state index contributed by atoms with van der Waals surface area (Å²) < 4.78 is 0. The predicted octanol–water partition coefficient (Wildman–Crippen LogP) is 16.8. The average molecular weight is 814 g/mol. The molecule has 300 valence electrons. The number of hydrogen-bond donors (Lipinski definition) is 0. The van der Waals surface area contributed by atoms with Crippen molar-refractivity contribution >= 4 is 38.6 Å². The maximum Gasteiger partial charge on any atom is 0.0714 e. The van der Waals surface area contributed by atoms with Crippen LogP contribution in [0.15, 0.2) is 261 Å². The molecule has 1 nitrogen and oxygen atoms in total. The predicted molar refractivity (Wildman–Crippen MR) is 270 cm³/mol. The normalized spacial score (nSPS) is 12.5. The van der Waals surface area contributed by atoms with E-state index in [9.17, 15) is 0 Å². The second-order valence-electron chi connectivity index (χ2n) is 16.8. The average Bonchev–Trinajstić information content (AvgIpc) is 3.69. The third-order valence-electron chi connectivity index (χ3n) is 13.4. The lowest BCUT2D eigenvalue weighted by Gasteiger charge is -2.34. The molecule has 1 aliphatic rings. The van der Waals surface area contributed by atoms with Crippen LogP contribution in [0.25, 0.3) is 66.1 Å². The van der Waals surface area contributed by atoms with Crippen LogP contribution in [-0.2, 0) is 5.41 Å². The van der Waals surface area contributed by atoms with Crippen LogP contribution in [0.3, 0.4) is 0 Å². The van der Waals surface area contributed by atoms with Crippen LogP contribution in [0.5, 0.6) is 0 Å². The van der Waals surface area contributed by atoms with E-state index in [-0.39, 0.29) is 0 Å². The van der Waals surface area contributed by atoms with Gasteiger partial charge in [-0.25, -0.2) is 0 Å². The topological polar surface area (TPSA) is 3.24 Å². The van der Waals surface area contributed by atoms with Gasteiger partial charge < -0.3 is 4.90 Å². The van der Waals surface area contributed by atoms with Crippen LogP contribution in [0.1, 0.15) is 22.3 Å². The second kappa shape index (κ2) is 15.6. The first-order valence-corrected chi connectivity index (χ1v) is 22.2. The van der Waals surface area contributed by atoms with E-state index in [2.05, 4.69) is 266 Å². The van der Waals surface area contributed by atoms with Crippen molar-refractivity contribution in [3.8, 4) is 44.5 Å². The molecule has 0 aliphatic heterocycles. The molecule has 12 rings (SSSR count). The Morgan fingerprint density at radius 1 is 0.266 bits per heavy atom. The lowest BCUT2D eigenvalue weighted by atomic mass is 9.68. The minimum absolute atomic E-state index is 0.512. The molecule has 0 aromatic heterocycles. The minimum Gasteiger partial charge on any atom is -0.310 e. The molecule has 0 bridgehead atoms. The van der Waals surface area contributed by atoms with E-state index in [0.717, 1.165) is 17.1 Å². The van der Waals surface area contributed by atoms with Crippen LogP contribution >= 0.6 is 0 Å². The molecule has 0 radical (unpaired) electrons. The Labute approximate surface area is 374 Å².